The van der Waals surface area contributed by atoms with E-state index in [1.807, 2.05) is 0 Å². The molecule has 4 N–H and O–H groups in total. The monoisotopic (exact) mass is 433 g/mol. The number of hydrogen-bond acceptors (Lipinski definition) is 4. The average molecular weight is 435 g/mol. The van der Waals surface area contributed by atoms with Gasteiger partial charge in [-0.1, -0.05) is 0 Å². The summed E-state index contributed by atoms with van der Waals surface area (Å²) in [6.45, 7) is 0. The molecule has 0 aliphatic carbocycles. The third-order valence-corrected chi connectivity index (χ3v) is 1.29. The van der Waals surface area contributed by atoms with Crippen LogP contribution in [0.2, 0.25) is 0 Å². The van der Waals surface area contributed by atoms with Gasteiger partial charge in [0.25, 0.3) is 0 Å². The maximum Gasteiger partial charge on any atom is 0.336 e. The Morgan fingerprint density at radius 3 is 1.36 bits per heavy atom. The van der Waals surface area contributed by atoms with E-state index < -0.39 is 36.4 Å². The van der Waals surface area contributed by atoms with Crippen LogP contribution in [0, 0.1) is 14.3 Å². The molecule has 0 unspecified atom stereocenters. The van der Waals surface area contributed by atoms with Crippen molar-refractivity contribution in [2.24, 2.45) is 0 Å². The molecule has 0 aromatic carbocycles. The van der Waals surface area contributed by atoms with Gasteiger partial charge in [-0.2, -0.15) is 0 Å². The number of hydrogen-bond donors (Lipinski definition) is 4. The van der Waals surface area contributed by atoms with Gasteiger partial charge in [-0.15, -0.1) is 0 Å². The third-order valence-electron chi connectivity index (χ3n) is 1.29. The van der Waals surface area contributed by atoms with Crippen molar-refractivity contribution in [2.75, 3.05) is 0 Å². The van der Waals surface area contributed by atoms with Crippen LogP contribution in [-0.4, -0.2) is 43.9 Å². The van der Waals surface area contributed by atoms with Crippen LogP contribution in [0.1, 0.15) is 12.8 Å². The van der Waals surface area contributed by atoms with E-state index in [0.29, 0.717) is 0 Å². The first kappa shape index (κ1) is 15.2. The van der Waals surface area contributed by atoms with Crippen LogP contribution in [0.3, 0.4) is 0 Å². The summed E-state index contributed by atoms with van der Waals surface area (Å²) in [6, 6.07) is 0. The molecule has 0 aromatic heterocycles. The maximum atomic E-state index is 10.3. The molecular formula is C6H8AmO7. The molecule has 0 atom stereocenters. The largest absolute Gasteiger partial charge is 0.481 e. The number of aliphatic hydroxyl groups is 1. The first-order chi connectivity index (χ1) is 5.78. The predicted molar refractivity (Wildman–Crippen MR) is 37.1 cm³/mol. The zero-order valence-corrected chi connectivity index (χ0v) is 9.95. The molecule has 0 fully saturated rings. The second kappa shape index (κ2) is 5.48. The van der Waals surface area contributed by atoms with Gasteiger partial charge in [0.2, 0.25) is 0 Å². The molecule has 0 spiro atoms. The number of carboxylic acids is 3. The average Bonchev–Trinajstić information content (AvgIpc) is 1.82. The van der Waals surface area contributed by atoms with Crippen LogP contribution in [0.15, 0.2) is 0 Å². The Labute approximate surface area is 86.2 Å². The second-order valence-electron chi connectivity index (χ2n) is 2.48. The SMILES string of the molecule is O=C(O)CC(O)(CC(=O)O)C(=O)O.[Am]. The van der Waals surface area contributed by atoms with Crippen molar-refractivity contribution in [3.05, 3.63) is 0 Å². The van der Waals surface area contributed by atoms with E-state index in [-0.39, 0.29) is 14.3 Å². The normalized spacial score (nSPS) is 10.1. The van der Waals surface area contributed by atoms with E-state index in [2.05, 4.69) is 0 Å². The number of rotatable bonds is 5. The van der Waals surface area contributed by atoms with E-state index in [4.69, 9.17) is 20.4 Å². The van der Waals surface area contributed by atoms with E-state index in [1.165, 1.54) is 0 Å². The van der Waals surface area contributed by atoms with Crippen molar-refractivity contribution in [3.8, 4) is 0 Å². The van der Waals surface area contributed by atoms with Gasteiger partial charge in [-0.25, -0.2) is 4.79 Å². The molecule has 0 amide bonds. The summed E-state index contributed by atoms with van der Waals surface area (Å²) >= 11 is 0. The Morgan fingerprint density at radius 2 is 1.21 bits per heavy atom. The minimum Gasteiger partial charge on any atom is -0.481 e. The second-order valence-corrected chi connectivity index (χ2v) is 2.48. The van der Waals surface area contributed by atoms with Crippen LogP contribution in [-0.2, 0) is 14.4 Å². The molecule has 7 nitrogen and oxygen atoms in total. The maximum absolute atomic E-state index is 10.3. The molecule has 0 aromatic rings. The Morgan fingerprint density at radius 1 is 0.929 bits per heavy atom. The van der Waals surface area contributed by atoms with Gasteiger partial charge in [0.15, 0.2) is 5.60 Å². The molecule has 0 saturated carbocycles. The molecule has 0 bridgehead atoms. The Bertz CT molecular complexity index is 233. The van der Waals surface area contributed by atoms with Crippen molar-refractivity contribution in [3.63, 3.8) is 0 Å². The van der Waals surface area contributed by atoms with E-state index >= 15 is 0 Å². The quantitative estimate of drug-likeness (QED) is 0.425. The van der Waals surface area contributed by atoms with Crippen molar-refractivity contribution in [2.45, 2.75) is 18.4 Å². The van der Waals surface area contributed by atoms with Gasteiger partial charge < -0.3 is 20.4 Å². The fraction of sp³-hybridized carbons (Fsp3) is 0.500. The minimum absolute atomic E-state index is 0. The van der Waals surface area contributed by atoms with Crippen LogP contribution in [0.4, 0.5) is 0 Å². The molecule has 8 heteroatoms. The fourth-order valence-electron chi connectivity index (χ4n) is 0.714. The summed E-state index contributed by atoms with van der Waals surface area (Å²) in [5, 5.41) is 33.8. The number of carbonyl (C=O) groups is 3. The van der Waals surface area contributed by atoms with Crippen molar-refractivity contribution >= 4 is 17.9 Å². The van der Waals surface area contributed by atoms with Crippen molar-refractivity contribution < 1.29 is 49.1 Å². The van der Waals surface area contributed by atoms with Crippen LogP contribution < -0.4 is 0 Å². The molecule has 0 aliphatic heterocycles. The summed E-state index contributed by atoms with van der Waals surface area (Å²) in [7, 11) is 0. The molecule has 0 heterocycles. The van der Waals surface area contributed by atoms with Gasteiger partial charge in [-0.3, -0.25) is 9.59 Å². The smallest absolute Gasteiger partial charge is 0.336 e. The summed E-state index contributed by atoms with van der Waals surface area (Å²) < 4.78 is 0. The van der Waals surface area contributed by atoms with Gasteiger partial charge in [0.05, 0.1) is 12.8 Å². The first-order valence-corrected chi connectivity index (χ1v) is 3.17. The van der Waals surface area contributed by atoms with Gasteiger partial charge in [-0.05, 0) is 0 Å². The molecule has 81 valence electrons. The first-order valence-electron chi connectivity index (χ1n) is 3.17. The van der Waals surface area contributed by atoms with E-state index in [1.54, 1.807) is 0 Å². The Kier molecular flexibility index (Phi) is 5.97. The minimum atomic E-state index is -2.74. The van der Waals surface area contributed by atoms with Gasteiger partial charge >= 0.3 is 17.9 Å². The zero-order valence-electron chi connectivity index (χ0n) is 6.81. The Hall–Kier alpha value is -1.24. The molecule has 0 aliphatic rings. The number of carboxylic acid groups (broad SMARTS) is 3. The molecule has 1 radical (unpaired) electrons. The molecule has 14 heavy (non-hydrogen) atoms. The summed E-state index contributed by atoms with van der Waals surface area (Å²) in [5.41, 5.74) is -2.74. The van der Waals surface area contributed by atoms with Crippen molar-refractivity contribution in [1.29, 1.82) is 0 Å². The standard InChI is InChI=1S/C6H8O7.Am/c7-3(8)1-6(13,5(11)12)2-4(9)10;/h13H,1-2H2,(H,7,8)(H,9,10)(H,11,12);. The molecule has 0 rings (SSSR count). The molecular weight excluding hydrogens is 427 g/mol. The topological polar surface area (TPSA) is 132 Å². The molecule has 0 saturated heterocycles. The van der Waals surface area contributed by atoms with Crippen LogP contribution in [0.5, 0.6) is 0 Å². The van der Waals surface area contributed by atoms with Gasteiger partial charge in [0, 0.05) is 14.3 Å². The van der Waals surface area contributed by atoms with E-state index in [0.717, 1.165) is 0 Å². The number of aliphatic carboxylic acids is 3. The summed E-state index contributed by atoms with van der Waals surface area (Å²) in [5.74, 6) is -5.02. The van der Waals surface area contributed by atoms with Crippen molar-refractivity contribution in [1.82, 2.24) is 0 Å². The summed E-state index contributed by atoms with van der Waals surface area (Å²) in [4.78, 5) is 30.5. The fourth-order valence-corrected chi connectivity index (χ4v) is 0.714. The van der Waals surface area contributed by atoms with Crippen LogP contribution >= 0.6 is 0 Å². The van der Waals surface area contributed by atoms with Gasteiger partial charge in [0.1, 0.15) is 0 Å². The van der Waals surface area contributed by atoms with E-state index in [9.17, 15) is 14.4 Å². The third kappa shape index (κ3) is 4.70. The predicted octanol–water partition coefficient (Wildman–Crippen LogP) is -1.25. The summed E-state index contributed by atoms with van der Waals surface area (Å²) in [6.07, 6.45) is -2.29. The van der Waals surface area contributed by atoms with Crippen LogP contribution in [0.25, 0.3) is 0 Å². The zero-order chi connectivity index (χ0) is 10.6. The Balaban J connectivity index is 0.